The molecule has 0 aliphatic carbocycles. The van der Waals surface area contributed by atoms with E-state index in [0.717, 1.165) is 44.4 Å². The van der Waals surface area contributed by atoms with Gasteiger partial charge in [0.2, 0.25) is 0 Å². The van der Waals surface area contributed by atoms with Gasteiger partial charge in [0, 0.05) is 32.2 Å². The van der Waals surface area contributed by atoms with E-state index in [9.17, 15) is 8.42 Å². The molecule has 0 saturated carbocycles. The molecule has 1 fully saturated rings. The molecule has 1 aliphatic heterocycles. The molecule has 30 heavy (non-hydrogen) atoms. The molecule has 1 heterocycles. The summed E-state index contributed by atoms with van der Waals surface area (Å²) >= 11 is 0. The van der Waals surface area contributed by atoms with E-state index in [1.807, 2.05) is 37.3 Å². The first-order valence-electron chi connectivity index (χ1n) is 11.0. The monoisotopic (exact) mass is 438 g/mol. The van der Waals surface area contributed by atoms with Gasteiger partial charge in [-0.05, 0) is 24.8 Å². The topological polar surface area (TPSA) is 83.0 Å². The molecule has 1 saturated heterocycles. The van der Waals surface area contributed by atoms with Crippen LogP contribution in [-0.2, 0) is 20.3 Å². The largest absolute Gasteiger partial charge is 0.379 e. The molecular formula is C22H38N4O3S. The van der Waals surface area contributed by atoms with Gasteiger partial charge >= 0.3 is 0 Å². The zero-order valence-electron chi connectivity index (χ0n) is 18.6. The lowest BCUT2D eigenvalue weighted by atomic mass is 10.0. The molecule has 1 aliphatic rings. The van der Waals surface area contributed by atoms with Crippen LogP contribution in [-0.4, -0.2) is 77.0 Å². The normalized spacial score (nSPS) is 17.1. The Morgan fingerprint density at radius 2 is 1.87 bits per heavy atom. The Morgan fingerprint density at radius 3 is 2.50 bits per heavy atom. The number of rotatable bonds is 11. The zero-order chi connectivity index (χ0) is 21.8. The van der Waals surface area contributed by atoms with Crippen LogP contribution in [0.2, 0.25) is 0 Å². The van der Waals surface area contributed by atoms with Crippen molar-refractivity contribution >= 4 is 15.8 Å². The number of nitrogens with zero attached hydrogens (tertiary/aromatic N) is 2. The van der Waals surface area contributed by atoms with Gasteiger partial charge < -0.3 is 15.4 Å². The van der Waals surface area contributed by atoms with Crippen LogP contribution >= 0.6 is 0 Å². The van der Waals surface area contributed by atoms with Gasteiger partial charge in [0.25, 0.3) is 0 Å². The van der Waals surface area contributed by atoms with Gasteiger partial charge in [-0.3, -0.25) is 9.89 Å². The maximum Gasteiger partial charge on any atom is 0.191 e. The quantitative estimate of drug-likeness (QED) is 0.312. The minimum atomic E-state index is -3.12. The molecule has 1 atom stereocenters. The lowest BCUT2D eigenvalue weighted by molar-refractivity contribution is 0.00867. The Bertz CT molecular complexity index is 732. The van der Waals surface area contributed by atoms with Gasteiger partial charge in [-0.1, -0.05) is 44.2 Å². The maximum atomic E-state index is 12.3. The van der Waals surface area contributed by atoms with Crippen molar-refractivity contribution in [2.75, 3.05) is 51.7 Å². The third kappa shape index (κ3) is 9.02. The number of aliphatic imine (C=N–C) groups is 1. The summed E-state index contributed by atoms with van der Waals surface area (Å²) in [6.07, 6.45) is 0.552. The number of hydrogen-bond acceptors (Lipinski definition) is 5. The molecule has 2 rings (SSSR count). The molecule has 170 valence electrons. The smallest absolute Gasteiger partial charge is 0.191 e. The highest BCUT2D eigenvalue weighted by molar-refractivity contribution is 7.90. The van der Waals surface area contributed by atoms with E-state index in [-0.39, 0.29) is 11.5 Å². The molecule has 1 unspecified atom stereocenters. The molecule has 0 aromatic heterocycles. The summed E-state index contributed by atoms with van der Waals surface area (Å²) in [5.74, 6) is 1.50. The zero-order valence-corrected chi connectivity index (χ0v) is 19.5. The molecule has 1 aromatic carbocycles. The van der Waals surface area contributed by atoms with Crippen LogP contribution < -0.4 is 10.6 Å². The van der Waals surface area contributed by atoms with E-state index in [1.54, 1.807) is 0 Å². The predicted octanol–water partition coefficient (Wildman–Crippen LogP) is 1.90. The third-order valence-electron chi connectivity index (χ3n) is 5.22. The van der Waals surface area contributed by atoms with Crippen LogP contribution in [0.3, 0.4) is 0 Å². The lowest BCUT2D eigenvalue weighted by Gasteiger charge is -2.36. The summed E-state index contributed by atoms with van der Waals surface area (Å²) in [7, 11) is -3.12. The number of benzene rings is 1. The standard InChI is InChI=1S/C22H38N4O3S/c1-4-23-22(25-17-21(19(2)3)26-12-14-29-15-13-26)24-11-8-16-30(27,28)18-20-9-6-5-7-10-20/h5-7,9-10,19,21H,4,8,11-18H2,1-3H3,(H2,23,24,25). The molecule has 0 amide bonds. The van der Waals surface area contributed by atoms with Crippen LogP contribution in [0.5, 0.6) is 0 Å². The van der Waals surface area contributed by atoms with Gasteiger partial charge in [0.1, 0.15) is 0 Å². The Hall–Kier alpha value is -1.64. The van der Waals surface area contributed by atoms with Crippen molar-refractivity contribution in [1.29, 1.82) is 0 Å². The van der Waals surface area contributed by atoms with Crippen LogP contribution in [0.4, 0.5) is 0 Å². The van der Waals surface area contributed by atoms with E-state index in [0.29, 0.717) is 31.5 Å². The average molecular weight is 439 g/mol. The second kappa shape index (κ2) is 12.9. The highest BCUT2D eigenvalue weighted by Gasteiger charge is 2.23. The summed E-state index contributed by atoms with van der Waals surface area (Å²) in [5, 5.41) is 6.55. The Kier molecular flexibility index (Phi) is 10.6. The fourth-order valence-electron chi connectivity index (χ4n) is 3.58. The summed E-state index contributed by atoms with van der Waals surface area (Å²) in [4.78, 5) is 7.23. The van der Waals surface area contributed by atoms with Crippen LogP contribution in [0.25, 0.3) is 0 Å². The second-order valence-electron chi connectivity index (χ2n) is 8.04. The SMILES string of the molecule is CCNC(=NCC(C(C)C)N1CCOCC1)NCCCS(=O)(=O)Cc1ccccc1. The van der Waals surface area contributed by atoms with E-state index in [4.69, 9.17) is 9.73 Å². The van der Waals surface area contributed by atoms with E-state index in [1.165, 1.54) is 0 Å². The molecule has 7 nitrogen and oxygen atoms in total. The summed E-state index contributed by atoms with van der Waals surface area (Å²) < 4.78 is 30.2. The minimum absolute atomic E-state index is 0.0949. The highest BCUT2D eigenvalue weighted by Crippen LogP contribution is 2.13. The third-order valence-corrected chi connectivity index (χ3v) is 6.90. The Morgan fingerprint density at radius 1 is 1.17 bits per heavy atom. The predicted molar refractivity (Wildman–Crippen MR) is 124 cm³/mol. The summed E-state index contributed by atoms with van der Waals surface area (Å²) in [6, 6.07) is 9.71. The Balaban J connectivity index is 1.82. The van der Waals surface area contributed by atoms with E-state index in [2.05, 4.69) is 29.4 Å². The van der Waals surface area contributed by atoms with Crippen molar-refractivity contribution in [2.24, 2.45) is 10.9 Å². The van der Waals surface area contributed by atoms with Crippen molar-refractivity contribution in [3.8, 4) is 0 Å². The van der Waals surface area contributed by atoms with Crippen molar-refractivity contribution in [3.05, 3.63) is 35.9 Å². The maximum absolute atomic E-state index is 12.3. The molecule has 0 radical (unpaired) electrons. The van der Waals surface area contributed by atoms with Crippen molar-refractivity contribution < 1.29 is 13.2 Å². The first kappa shape index (κ1) is 24.6. The number of nitrogens with one attached hydrogen (secondary N) is 2. The van der Waals surface area contributed by atoms with Gasteiger partial charge in [0.15, 0.2) is 15.8 Å². The van der Waals surface area contributed by atoms with Gasteiger partial charge in [-0.15, -0.1) is 0 Å². The van der Waals surface area contributed by atoms with Crippen LogP contribution in [0, 0.1) is 5.92 Å². The summed E-state index contributed by atoms with van der Waals surface area (Å²) in [6.45, 7) is 12.0. The number of guanidine groups is 1. The highest BCUT2D eigenvalue weighted by atomic mass is 32.2. The molecular weight excluding hydrogens is 400 g/mol. The van der Waals surface area contributed by atoms with Gasteiger partial charge in [-0.2, -0.15) is 0 Å². The first-order chi connectivity index (χ1) is 14.4. The van der Waals surface area contributed by atoms with Gasteiger partial charge in [-0.25, -0.2) is 8.42 Å². The number of morpholine rings is 1. The van der Waals surface area contributed by atoms with E-state index < -0.39 is 9.84 Å². The molecule has 1 aromatic rings. The Labute approximate surface area is 182 Å². The van der Waals surface area contributed by atoms with Crippen LogP contribution in [0.1, 0.15) is 32.8 Å². The number of hydrogen-bond donors (Lipinski definition) is 2. The average Bonchev–Trinajstić information content (AvgIpc) is 2.72. The van der Waals surface area contributed by atoms with Crippen molar-refractivity contribution in [3.63, 3.8) is 0 Å². The second-order valence-corrected chi connectivity index (χ2v) is 10.2. The molecule has 0 spiro atoms. The van der Waals surface area contributed by atoms with Gasteiger partial charge in [0.05, 0.1) is 31.3 Å². The number of sulfone groups is 1. The van der Waals surface area contributed by atoms with E-state index >= 15 is 0 Å². The fourth-order valence-corrected chi connectivity index (χ4v) is 5.01. The molecule has 2 N–H and O–H groups in total. The minimum Gasteiger partial charge on any atom is -0.379 e. The van der Waals surface area contributed by atoms with Crippen molar-refractivity contribution in [2.45, 2.75) is 39.0 Å². The fraction of sp³-hybridized carbons (Fsp3) is 0.682. The molecule has 0 bridgehead atoms. The first-order valence-corrected chi connectivity index (χ1v) is 12.8. The summed E-state index contributed by atoms with van der Waals surface area (Å²) in [5.41, 5.74) is 0.836. The van der Waals surface area contributed by atoms with Crippen LogP contribution in [0.15, 0.2) is 35.3 Å². The molecule has 8 heteroatoms. The lowest BCUT2D eigenvalue weighted by Crippen LogP contribution is -2.48. The van der Waals surface area contributed by atoms with Crippen molar-refractivity contribution in [1.82, 2.24) is 15.5 Å². The number of ether oxygens (including phenoxy) is 1.